The van der Waals surface area contributed by atoms with Crippen LogP contribution in [0, 0.1) is 6.92 Å². The van der Waals surface area contributed by atoms with Gasteiger partial charge in [-0.25, -0.2) is 4.98 Å². The molecule has 128 valence electrons. The predicted octanol–water partition coefficient (Wildman–Crippen LogP) is 2.80. The van der Waals surface area contributed by atoms with Gasteiger partial charge in [0.1, 0.15) is 5.82 Å². The van der Waals surface area contributed by atoms with Crippen molar-refractivity contribution in [2.75, 3.05) is 31.1 Å². The highest BCUT2D eigenvalue weighted by molar-refractivity contribution is 5.35. The van der Waals surface area contributed by atoms with Crippen molar-refractivity contribution in [3.63, 3.8) is 0 Å². The lowest BCUT2D eigenvalue weighted by Gasteiger charge is -2.35. The standard InChI is InChI=1S/C19H27N5/c1-15-11-16(12-22-18(15)19(2,3)4)14-23-7-9-24(10-8-23)17-13-20-5-6-21-17/h5-6,11-13H,7-10,14H2,1-4H3. The molecule has 2 aromatic rings. The summed E-state index contributed by atoms with van der Waals surface area (Å²) in [4.78, 5) is 18.1. The van der Waals surface area contributed by atoms with Gasteiger partial charge in [-0.3, -0.25) is 14.9 Å². The third-order valence-corrected chi connectivity index (χ3v) is 4.50. The molecule has 0 unspecified atom stereocenters. The summed E-state index contributed by atoms with van der Waals surface area (Å²) in [5.41, 5.74) is 3.88. The summed E-state index contributed by atoms with van der Waals surface area (Å²) < 4.78 is 0. The van der Waals surface area contributed by atoms with Crippen LogP contribution in [0.2, 0.25) is 0 Å². The van der Waals surface area contributed by atoms with E-state index < -0.39 is 0 Å². The van der Waals surface area contributed by atoms with Crippen LogP contribution in [0.25, 0.3) is 0 Å². The van der Waals surface area contributed by atoms with E-state index in [0.717, 1.165) is 38.5 Å². The highest BCUT2D eigenvalue weighted by Gasteiger charge is 2.20. The normalized spacial score (nSPS) is 16.4. The van der Waals surface area contributed by atoms with Gasteiger partial charge in [0.2, 0.25) is 0 Å². The molecule has 0 bridgehead atoms. The Labute approximate surface area is 144 Å². The van der Waals surface area contributed by atoms with Gasteiger partial charge in [0, 0.05) is 62.4 Å². The second-order valence-corrected chi connectivity index (χ2v) is 7.59. The van der Waals surface area contributed by atoms with Crippen molar-refractivity contribution in [3.8, 4) is 0 Å². The molecule has 1 saturated heterocycles. The molecule has 1 aliphatic rings. The van der Waals surface area contributed by atoms with Crippen LogP contribution >= 0.6 is 0 Å². The molecule has 0 atom stereocenters. The van der Waals surface area contributed by atoms with E-state index in [-0.39, 0.29) is 5.41 Å². The van der Waals surface area contributed by atoms with Crippen molar-refractivity contribution in [2.24, 2.45) is 0 Å². The number of rotatable bonds is 3. The largest absolute Gasteiger partial charge is 0.353 e. The minimum absolute atomic E-state index is 0.102. The van der Waals surface area contributed by atoms with Gasteiger partial charge in [-0.15, -0.1) is 0 Å². The molecule has 5 nitrogen and oxygen atoms in total. The number of pyridine rings is 1. The summed E-state index contributed by atoms with van der Waals surface area (Å²) in [6.45, 7) is 13.8. The lowest BCUT2D eigenvalue weighted by atomic mass is 9.88. The van der Waals surface area contributed by atoms with Crippen LogP contribution in [0.4, 0.5) is 5.82 Å². The fourth-order valence-corrected chi connectivity index (χ4v) is 3.35. The maximum atomic E-state index is 4.72. The van der Waals surface area contributed by atoms with Crippen LogP contribution in [-0.2, 0) is 12.0 Å². The van der Waals surface area contributed by atoms with E-state index in [1.165, 1.54) is 16.8 Å². The van der Waals surface area contributed by atoms with Gasteiger partial charge in [0.25, 0.3) is 0 Å². The second-order valence-electron chi connectivity index (χ2n) is 7.59. The molecule has 0 amide bonds. The van der Waals surface area contributed by atoms with Crippen molar-refractivity contribution in [3.05, 3.63) is 47.7 Å². The first kappa shape index (κ1) is 16.8. The molecule has 24 heavy (non-hydrogen) atoms. The minimum Gasteiger partial charge on any atom is -0.353 e. The summed E-state index contributed by atoms with van der Waals surface area (Å²) in [7, 11) is 0. The highest BCUT2D eigenvalue weighted by Crippen LogP contribution is 2.24. The number of hydrogen-bond acceptors (Lipinski definition) is 5. The smallest absolute Gasteiger partial charge is 0.147 e. The lowest BCUT2D eigenvalue weighted by Crippen LogP contribution is -2.46. The zero-order valence-corrected chi connectivity index (χ0v) is 15.2. The summed E-state index contributed by atoms with van der Waals surface area (Å²) in [6.07, 6.45) is 7.36. The van der Waals surface area contributed by atoms with E-state index in [1.807, 2.05) is 12.4 Å². The number of piperazine rings is 1. The Morgan fingerprint density at radius 1 is 1.00 bits per heavy atom. The van der Waals surface area contributed by atoms with E-state index in [2.05, 4.69) is 53.5 Å². The van der Waals surface area contributed by atoms with Gasteiger partial charge in [-0.05, 0) is 18.1 Å². The van der Waals surface area contributed by atoms with E-state index in [0.29, 0.717) is 0 Å². The highest BCUT2D eigenvalue weighted by atomic mass is 15.3. The summed E-state index contributed by atoms with van der Waals surface area (Å²) in [6, 6.07) is 2.29. The molecule has 0 radical (unpaired) electrons. The van der Waals surface area contributed by atoms with Crippen molar-refractivity contribution < 1.29 is 0 Å². The molecule has 0 spiro atoms. The average molecular weight is 325 g/mol. The molecule has 0 aromatic carbocycles. The van der Waals surface area contributed by atoms with Crippen LogP contribution in [0.3, 0.4) is 0 Å². The van der Waals surface area contributed by atoms with E-state index >= 15 is 0 Å². The molecule has 2 aromatic heterocycles. The van der Waals surface area contributed by atoms with Gasteiger partial charge in [0.15, 0.2) is 0 Å². The zero-order chi connectivity index (χ0) is 17.2. The zero-order valence-electron chi connectivity index (χ0n) is 15.2. The summed E-state index contributed by atoms with van der Waals surface area (Å²) in [5.74, 6) is 0.976. The molecular weight excluding hydrogens is 298 g/mol. The molecule has 3 heterocycles. The summed E-state index contributed by atoms with van der Waals surface area (Å²) >= 11 is 0. The van der Waals surface area contributed by atoms with Gasteiger partial charge in [-0.2, -0.15) is 0 Å². The summed E-state index contributed by atoms with van der Waals surface area (Å²) in [5, 5.41) is 0. The van der Waals surface area contributed by atoms with Crippen LogP contribution in [0.15, 0.2) is 30.9 Å². The van der Waals surface area contributed by atoms with Crippen molar-refractivity contribution in [1.29, 1.82) is 0 Å². The molecule has 1 aliphatic heterocycles. The quantitative estimate of drug-likeness (QED) is 0.868. The molecule has 0 saturated carbocycles. The van der Waals surface area contributed by atoms with Crippen LogP contribution in [0.5, 0.6) is 0 Å². The first-order chi connectivity index (χ1) is 11.4. The van der Waals surface area contributed by atoms with Crippen LogP contribution in [-0.4, -0.2) is 46.0 Å². The number of anilines is 1. The number of nitrogens with zero attached hydrogens (tertiary/aromatic N) is 5. The SMILES string of the molecule is Cc1cc(CN2CCN(c3cnccn3)CC2)cnc1C(C)(C)C. The Morgan fingerprint density at radius 2 is 1.75 bits per heavy atom. The predicted molar refractivity (Wildman–Crippen MR) is 97.2 cm³/mol. The van der Waals surface area contributed by atoms with Gasteiger partial charge >= 0.3 is 0 Å². The monoisotopic (exact) mass is 325 g/mol. The Kier molecular flexibility index (Phi) is 4.81. The first-order valence-corrected chi connectivity index (χ1v) is 8.63. The lowest BCUT2D eigenvalue weighted by molar-refractivity contribution is 0.249. The van der Waals surface area contributed by atoms with Crippen molar-refractivity contribution in [1.82, 2.24) is 19.9 Å². The Bertz CT molecular complexity index is 670. The van der Waals surface area contributed by atoms with E-state index in [1.54, 1.807) is 12.4 Å². The Balaban J connectivity index is 1.59. The van der Waals surface area contributed by atoms with Gasteiger partial charge < -0.3 is 4.90 Å². The Morgan fingerprint density at radius 3 is 2.33 bits per heavy atom. The third kappa shape index (κ3) is 3.90. The number of aromatic nitrogens is 3. The number of hydrogen-bond donors (Lipinski definition) is 0. The van der Waals surface area contributed by atoms with Crippen LogP contribution in [0.1, 0.15) is 37.6 Å². The molecule has 5 heteroatoms. The number of aryl methyl sites for hydroxylation is 1. The van der Waals surface area contributed by atoms with Crippen molar-refractivity contribution >= 4 is 5.82 Å². The molecule has 0 aliphatic carbocycles. The average Bonchev–Trinajstić information content (AvgIpc) is 2.55. The fourth-order valence-electron chi connectivity index (χ4n) is 3.35. The fraction of sp³-hybridized carbons (Fsp3) is 0.526. The first-order valence-electron chi connectivity index (χ1n) is 8.63. The Hall–Kier alpha value is -2.01. The molecular formula is C19H27N5. The molecule has 1 fully saturated rings. The third-order valence-electron chi connectivity index (χ3n) is 4.50. The maximum Gasteiger partial charge on any atom is 0.147 e. The van der Waals surface area contributed by atoms with Crippen LogP contribution < -0.4 is 4.90 Å². The maximum absolute atomic E-state index is 4.72. The molecule has 3 rings (SSSR count). The van der Waals surface area contributed by atoms with Gasteiger partial charge in [0.05, 0.1) is 6.20 Å². The van der Waals surface area contributed by atoms with Crippen molar-refractivity contribution in [2.45, 2.75) is 39.7 Å². The van der Waals surface area contributed by atoms with Gasteiger partial charge in [-0.1, -0.05) is 26.8 Å². The topological polar surface area (TPSA) is 45.2 Å². The molecule has 0 N–H and O–H groups in total. The minimum atomic E-state index is 0.102. The second kappa shape index (κ2) is 6.85. The van der Waals surface area contributed by atoms with E-state index in [4.69, 9.17) is 4.98 Å². The van der Waals surface area contributed by atoms with E-state index in [9.17, 15) is 0 Å².